The number of guanidine groups is 1. The second-order valence-corrected chi connectivity index (χ2v) is 13.4. The van der Waals surface area contributed by atoms with Crippen LogP contribution >= 0.6 is 11.6 Å². The number of aliphatic imine (C=N–C) groups is 2. The molecule has 5 rings (SSSR count). The van der Waals surface area contributed by atoms with Gasteiger partial charge in [-0.3, -0.25) is 20.4 Å². The number of rotatable bonds is 11. The van der Waals surface area contributed by atoms with Crippen LogP contribution in [0.4, 0.5) is 13.6 Å². The number of benzene rings is 2. The number of halogens is 3. The molecule has 48 heavy (non-hydrogen) atoms. The third-order valence-electron chi connectivity index (χ3n) is 8.12. The highest BCUT2D eigenvalue weighted by molar-refractivity contribution is 6.33. The van der Waals surface area contributed by atoms with Gasteiger partial charge in [-0.2, -0.15) is 18.9 Å². The molecule has 6 N–H and O–H groups in total. The zero-order chi connectivity index (χ0) is 34.8. The van der Waals surface area contributed by atoms with Crippen LogP contribution in [-0.2, 0) is 15.1 Å². The Balaban J connectivity index is 1.56. The number of hydrogen-bond acceptors (Lipinski definition) is 7. The van der Waals surface area contributed by atoms with Crippen LogP contribution in [-0.4, -0.2) is 64.5 Å². The van der Waals surface area contributed by atoms with E-state index < -0.39 is 35.5 Å². The molecule has 0 spiro atoms. The summed E-state index contributed by atoms with van der Waals surface area (Å²) in [5.74, 6) is -0.0374. The van der Waals surface area contributed by atoms with Crippen LogP contribution in [0.25, 0.3) is 11.1 Å². The molecule has 2 atom stereocenters. The number of amides is 2. The molecule has 2 unspecified atom stereocenters. The Morgan fingerprint density at radius 2 is 1.96 bits per heavy atom. The first-order chi connectivity index (χ1) is 22.8. The second-order valence-electron chi connectivity index (χ2n) is 13.0. The largest absolute Gasteiger partial charge is 0.447 e. The minimum absolute atomic E-state index is 0.0604. The van der Waals surface area contributed by atoms with Gasteiger partial charge in [-0.05, 0) is 53.5 Å². The Labute approximate surface area is 281 Å². The number of carbonyl (C=O) groups excluding carboxylic acids is 2. The molecule has 0 radical (unpaired) electrons. The van der Waals surface area contributed by atoms with Crippen molar-refractivity contribution in [1.82, 2.24) is 20.0 Å². The Morgan fingerprint density at radius 3 is 2.54 bits per heavy atom. The van der Waals surface area contributed by atoms with Crippen molar-refractivity contribution in [3.8, 4) is 11.1 Å². The Morgan fingerprint density at radius 1 is 1.25 bits per heavy atom. The highest BCUT2D eigenvalue weighted by Gasteiger charge is 2.53. The van der Waals surface area contributed by atoms with Gasteiger partial charge in [0, 0.05) is 17.8 Å². The average Bonchev–Trinajstić information content (AvgIpc) is 3.63. The first kappa shape index (κ1) is 34.6. The Kier molecular flexibility index (Phi) is 9.97. The van der Waals surface area contributed by atoms with Gasteiger partial charge in [0.25, 0.3) is 5.91 Å². The van der Waals surface area contributed by atoms with E-state index in [1.54, 1.807) is 54.8 Å². The van der Waals surface area contributed by atoms with E-state index in [4.69, 9.17) is 32.5 Å². The van der Waals surface area contributed by atoms with Gasteiger partial charge >= 0.3 is 12.6 Å². The number of ether oxygens (including phenoxy) is 1. The summed E-state index contributed by atoms with van der Waals surface area (Å²) in [4.78, 5) is 37.8. The molecule has 1 saturated carbocycles. The molecule has 1 aromatic heterocycles. The molecule has 1 aliphatic carbocycles. The lowest BCUT2D eigenvalue weighted by Gasteiger charge is -2.35. The molecule has 2 amide bonds. The minimum atomic E-state index is -2.77. The van der Waals surface area contributed by atoms with Crippen LogP contribution in [0.1, 0.15) is 69.3 Å². The molecule has 0 bridgehead atoms. The number of carbonyl (C=O) groups is 2. The molecule has 254 valence electrons. The molecule has 15 heteroatoms. The van der Waals surface area contributed by atoms with Crippen molar-refractivity contribution in [2.45, 2.75) is 64.2 Å². The smallest absolute Gasteiger partial charge is 0.407 e. The van der Waals surface area contributed by atoms with E-state index in [-0.39, 0.29) is 25.0 Å². The fourth-order valence-electron chi connectivity index (χ4n) is 5.83. The van der Waals surface area contributed by atoms with Crippen molar-refractivity contribution in [1.29, 1.82) is 5.41 Å². The number of alkyl halides is 2. The first-order valence-electron chi connectivity index (χ1n) is 15.5. The van der Waals surface area contributed by atoms with Crippen LogP contribution < -0.4 is 16.4 Å². The second kappa shape index (κ2) is 13.8. The van der Waals surface area contributed by atoms with E-state index >= 15 is 0 Å². The Hall–Kier alpha value is -4.69. The molecule has 2 aliphatic rings. The summed E-state index contributed by atoms with van der Waals surface area (Å²) in [6, 6.07) is 11.2. The summed E-state index contributed by atoms with van der Waals surface area (Å²) in [7, 11) is 1.76. The topological polar surface area (TPSA) is 168 Å². The zero-order valence-electron chi connectivity index (χ0n) is 27.1. The van der Waals surface area contributed by atoms with Crippen molar-refractivity contribution in [2.24, 2.45) is 21.1 Å². The minimum Gasteiger partial charge on any atom is -0.447 e. The highest BCUT2D eigenvalue weighted by atomic mass is 35.5. The van der Waals surface area contributed by atoms with Crippen LogP contribution in [0.2, 0.25) is 5.02 Å². The summed E-state index contributed by atoms with van der Waals surface area (Å²) in [5, 5.41) is 16.1. The number of hydrogen-bond donors (Lipinski definition) is 4. The van der Waals surface area contributed by atoms with E-state index in [2.05, 4.69) is 15.4 Å². The van der Waals surface area contributed by atoms with E-state index in [1.165, 1.54) is 17.3 Å². The van der Waals surface area contributed by atoms with E-state index in [1.807, 2.05) is 20.8 Å². The van der Waals surface area contributed by atoms with Gasteiger partial charge in [0.1, 0.15) is 12.9 Å². The Bertz CT molecular complexity index is 1750. The lowest BCUT2D eigenvalue weighted by Crippen LogP contribution is -2.84. The predicted molar refractivity (Wildman–Crippen MR) is 178 cm³/mol. The number of alkyl carbamates (subject to hydrolysis) is 1. The normalized spacial score (nSPS) is 19.0. The molecular formula is C33H39ClF2N9O3+. The van der Waals surface area contributed by atoms with E-state index in [9.17, 15) is 18.4 Å². The maximum absolute atomic E-state index is 14.8. The molecule has 1 fully saturated rings. The number of aromatic nitrogens is 2. The number of quaternary nitrogens is 1. The van der Waals surface area contributed by atoms with Crippen LogP contribution in [0.5, 0.6) is 0 Å². The molecule has 12 nitrogen and oxygen atoms in total. The molecule has 2 heterocycles. The highest BCUT2D eigenvalue weighted by Crippen LogP contribution is 2.45. The summed E-state index contributed by atoms with van der Waals surface area (Å²) in [6.07, 6.45) is 4.92. The number of amidine groups is 1. The summed E-state index contributed by atoms with van der Waals surface area (Å²) < 4.78 is 32.5. The summed E-state index contributed by atoms with van der Waals surface area (Å²) >= 11 is 6.55. The number of nitrogens with zero attached hydrogens (tertiary/aromatic N) is 5. The molecule has 2 aromatic carbocycles. The third kappa shape index (κ3) is 7.39. The number of nitrogens with two attached hydrogens (primary N) is 2. The van der Waals surface area contributed by atoms with Gasteiger partial charge in [-0.25, -0.2) is 14.5 Å². The lowest BCUT2D eigenvalue weighted by atomic mass is 9.75. The van der Waals surface area contributed by atoms with Crippen molar-refractivity contribution in [2.75, 3.05) is 13.7 Å². The fourth-order valence-corrected chi connectivity index (χ4v) is 6.05. The van der Waals surface area contributed by atoms with Gasteiger partial charge in [0.05, 0.1) is 29.9 Å². The lowest BCUT2D eigenvalue weighted by molar-refractivity contribution is -0.505. The number of nitrogens with one attached hydrogen (secondary N) is 2. The SMILES string of the molecule is C[NH2+]C(=NC=N)c1cc(C(COC(=O)NC2CC2)N2C(=O)C(CC(C)(C)C)(c3ccc(-c4cnn(C(F)F)c4)cc3)N=C2N)ccc1Cl. The van der Waals surface area contributed by atoms with Gasteiger partial charge in [-0.1, -0.05) is 62.7 Å². The summed E-state index contributed by atoms with van der Waals surface area (Å²) in [5.41, 5.74) is 7.53. The zero-order valence-corrected chi connectivity index (χ0v) is 27.8. The average molecular weight is 683 g/mol. The van der Waals surface area contributed by atoms with Gasteiger partial charge in [0.15, 0.2) is 11.5 Å². The van der Waals surface area contributed by atoms with Crippen molar-refractivity contribution >= 4 is 41.7 Å². The maximum atomic E-state index is 14.8. The monoisotopic (exact) mass is 682 g/mol. The summed E-state index contributed by atoms with van der Waals surface area (Å²) in [6.45, 7) is 2.96. The fraction of sp³-hybridized carbons (Fsp3) is 0.394. The van der Waals surface area contributed by atoms with Crippen molar-refractivity contribution < 1.29 is 28.4 Å². The van der Waals surface area contributed by atoms with E-state index in [0.29, 0.717) is 43.4 Å². The van der Waals surface area contributed by atoms with E-state index in [0.717, 1.165) is 19.2 Å². The van der Waals surface area contributed by atoms with Gasteiger partial charge < -0.3 is 15.8 Å². The quantitative estimate of drug-likeness (QED) is 0.172. The standard InChI is InChI=1S/C33H38ClF2N9O3/c1-32(2,3)17-33(22-8-5-19(6-9-22)21-14-41-44(15-21)29(35)36)28(46)45(30(38)43-33)26(16-48-31(47)42-23-10-11-23)20-7-12-25(34)24(13-20)27(39-4)40-18-37/h5-9,12-15,18,23,26,29H,10-11,16-17H2,1-4H3,(H2,38,43)(H,42,47)(H2,37,39,40)/p+1. The van der Waals surface area contributed by atoms with Crippen molar-refractivity contribution in [3.05, 3.63) is 76.6 Å². The van der Waals surface area contributed by atoms with Crippen molar-refractivity contribution in [3.63, 3.8) is 0 Å². The molecule has 3 aromatic rings. The molecule has 1 aliphatic heterocycles. The van der Waals surface area contributed by atoms with Crippen LogP contribution in [0, 0.1) is 10.8 Å². The maximum Gasteiger partial charge on any atom is 0.407 e. The van der Waals surface area contributed by atoms with Crippen LogP contribution in [0.3, 0.4) is 0 Å². The molecular weight excluding hydrogens is 644 g/mol. The van der Waals surface area contributed by atoms with Gasteiger partial charge in [-0.15, -0.1) is 0 Å². The molecule has 0 saturated heterocycles. The predicted octanol–water partition coefficient (Wildman–Crippen LogP) is 4.56. The van der Waals surface area contributed by atoms with Crippen LogP contribution in [0.15, 0.2) is 64.8 Å². The first-order valence-corrected chi connectivity index (χ1v) is 15.9. The van der Waals surface area contributed by atoms with Gasteiger partial charge in [0.2, 0.25) is 5.84 Å². The third-order valence-corrected chi connectivity index (χ3v) is 8.45.